The molecule has 3 aliphatic rings. The molecule has 4 atom stereocenters. The Morgan fingerprint density at radius 2 is 1.57 bits per heavy atom. The molecule has 1 heterocycles. The lowest BCUT2D eigenvalue weighted by atomic mass is 9.64. The van der Waals surface area contributed by atoms with E-state index in [1.807, 2.05) is 18.2 Å². The van der Waals surface area contributed by atoms with Gasteiger partial charge >= 0.3 is 0 Å². The van der Waals surface area contributed by atoms with Crippen molar-refractivity contribution >= 4 is 5.91 Å². The van der Waals surface area contributed by atoms with Gasteiger partial charge in [-0.05, 0) is 53.8 Å². The van der Waals surface area contributed by atoms with Crippen LogP contribution in [-0.2, 0) is 4.79 Å². The van der Waals surface area contributed by atoms with Crippen molar-refractivity contribution in [3.63, 3.8) is 0 Å². The molecule has 9 heteroatoms. The van der Waals surface area contributed by atoms with Crippen LogP contribution in [0.5, 0.6) is 28.7 Å². The van der Waals surface area contributed by atoms with E-state index in [1.54, 1.807) is 20.3 Å². The number of nitrogens with one attached hydrogen (secondary N) is 1. The molecule has 0 bridgehead atoms. The zero-order chi connectivity index (χ0) is 26.1. The van der Waals surface area contributed by atoms with Crippen molar-refractivity contribution in [1.29, 1.82) is 0 Å². The van der Waals surface area contributed by atoms with E-state index in [1.165, 1.54) is 13.5 Å². The van der Waals surface area contributed by atoms with Crippen LogP contribution in [0, 0.1) is 11.8 Å². The molecule has 200 valence electrons. The lowest BCUT2D eigenvalue weighted by molar-refractivity contribution is -0.132. The van der Waals surface area contributed by atoms with Crippen LogP contribution in [-0.4, -0.2) is 56.9 Å². The summed E-state index contributed by atoms with van der Waals surface area (Å²) < 4.78 is 28.0. The molecule has 2 aromatic rings. The summed E-state index contributed by atoms with van der Waals surface area (Å²) in [5, 5.41) is 25.1. The van der Waals surface area contributed by atoms with Crippen LogP contribution in [0.15, 0.2) is 24.3 Å². The van der Waals surface area contributed by atoms with Gasteiger partial charge in [-0.25, -0.2) is 0 Å². The summed E-state index contributed by atoms with van der Waals surface area (Å²) in [7, 11) is 4.62. The van der Waals surface area contributed by atoms with E-state index >= 15 is 0 Å². The molecular weight excluding hydrogens is 478 g/mol. The van der Waals surface area contributed by atoms with E-state index in [9.17, 15) is 15.0 Å². The zero-order valence-electron chi connectivity index (χ0n) is 21.5. The van der Waals surface area contributed by atoms with Crippen molar-refractivity contribution in [3.05, 3.63) is 41.0 Å². The first kappa shape index (κ1) is 25.5. The van der Waals surface area contributed by atoms with Crippen LogP contribution in [0.4, 0.5) is 0 Å². The van der Waals surface area contributed by atoms with Crippen LogP contribution >= 0.6 is 0 Å². The summed E-state index contributed by atoms with van der Waals surface area (Å²) in [5.41, 5.74) is 2.08. The highest BCUT2D eigenvalue weighted by Crippen LogP contribution is 2.53. The van der Waals surface area contributed by atoms with Crippen LogP contribution < -0.4 is 29.0 Å². The number of carbonyl (C=O) groups is 1. The normalized spacial score (nSPS) is 24.8. The third kappa shape index (κ3) is 4.55. The molecule has 3 N–H and O–H groups in total. The predicted octanol–water partition coefficient (Wildman–Crippen LogP) is 3.29. The molecule has 9 nitrogen and oxygen atoms in total. The Bertz CT molecular complexity index is 1120. The molecule has 1 amide bonds. The Morgan fingerprint density at radius 1 is 0.946 bits per heavy atom. The van der Waals surface area contributed by atoms with Crippen LogP contribution in [0.2, 0.25) is 0 Å². The number of methoxy groups -OCH3 is 3. The van der Waals surface area contributed by atoms with E-state index in [-0.39, 0.29) is 25.3 Å². The van der Waals surface area contributed by atoms with Gasteiger partial charge in [0.2, 0.25) is 18.4 Å². The number of amides is 1. The molecule has 0 saturated heterocycles. The van der Waals surface area contributed by atoms with Gasteiger partial charge in [0.1, 0.15) is 0 Å². The van der Waals surface area contributed by atoms with Gasteiger partial charge in [0.15, 0.2) is 23.0 Å². The van der Waals surface area contributed by atoms with E-state index < -0.39 is 23.9 Å². The molecule has 1 aliphatic heterocycles. The Morgan fingerprint density at radius 3 is 2.14 bits per heavy atom. The first-order chi connectivity index (χ1) is 18.0. The van der Waals surface area contributed by atoms with Gasteiger partial charge in [-0.1, -0.05) is 19.3 Å². The topological polar surface area (TPSA) is 116 Å². The molecular formula is C28H35NO8. The quantitative estimate of drug-likeness (QED) is 0.517. The molecule has 0 spiro atoms. The fraction of sp³-hybridized carbons (Fsp3) is 0.536. The summed E-state index contributed by atoms with van der Waals surface area (Å²) in [6.07, 6.45) is 4.11. The predicted molar refractivity (Wildman–Crippen MR) is 135 cm³/mol. The Kier molecular flexibility index (Phi) is 7.35. The van der Waals surface area contributed by atoms with Gasteiger partial charge in [0, 0.05) is 24.5 Å². The average molecular weight is 514 g/mol. The number of benzene rings is 2. The zero-order valence-corrected chi connectivity index (χ0v) is 21.5. The second-order valence-corrected chi connectivity index (χ2v) is 9.93. The highest BCUT2D eigenvalue weighted by molar-refractivity contribution is 5.82. The van der Waals surface area contributed by atoms with E-state index in [0.29, 0.717) is 34.3 Å². The van der Waals surface area contributed by atoms with Gasteiger partial charge in [-0.2, -0.15) is 0 Å². The fourth-order valence-corrected chi connectivity index (χ4v) is 6.14. The second-order valence-electron chi connectivity index (χ2n) is 9.93. The largest absolute Gasteiger partial charge is 0.493 e. The Balaban J connectivity index is 1.67. The maximum atomic E-state index is 14.0. The van der Waals surface area contributed by atoms with Gasteiger partial charge in [-0.15, -0.1) is 0 Å². The first-order valence-corrected chi connectivity index (χ1v) is 12.8. The van der Waals surface area contributed by atoms with Crippen LogP contribution in [0.3, 0.4) is 0 Å². The SMILES string of the molecule is COc1cc([C@@H]2c3cc4c(cc3[C@H](O)[C@@H](CO)[C@@H]2C(=O)NC2CCCCC2)OCO4)cc(OC)c1OC. The standard InChI is InChI=1S/C28H35NO8/c1-33-22-9-15(10-23(34-2)27(22)35-3)24-17-11-20-21(37-14-36-20)12-18(17)26(31)19(13-30)25(24)28(32)29-16-7-5-4-6-8-16/h9-12,16,19,24-26,30-31H,4-8,13-14H2,1-3H3,(H,29,32)/t19-,24+,25-,26-/m0/s1. The molecule has 37 heavy (non-hydrogen) atoms. The lowest BCUT2D eigenvalue weighted by Crippen LogP contribution is -2.48. The minimum atomic E-state index is -1.06. The highest BCUT2D eigenvalue weighted by atomic mass is 16.7. The summed E-state index contributed by atoms with van der Waals surface area (Å²) in [4.78, 5) is 14.0. The molecule has 0 radical (unpaired) electrons. The van der Waals surface area contributed by atoms with Gasteiger partial charge in [0.05, 0.1) is 33.4 Å². The number of aliphatic hydroxyl groups is 2. The lowest BCUT2D eigenvalue weighted by Gasteiger charge is -2.42. The van der Waals surface area contributed by atoms with Gasteiger partial charge < -0.3 is 39.2 Å². The number of aliphatic hydroxyl groups excluding tert-OH is 2. The molecule has 1 fully saturated rings. The second kappa shape index (κ2) is 10.7. The summed E-state index contributed by atoms with van der Waals surface area (Å²) in [6.45, 7) is -0.281. The van der Waals surface area contributed by atoms with Crippen molar-refractivity contribution in [1.82, 2.24) is 5.32 Å². The van der Waals surface area contributed by atoms with Crippen molar-refractivity contribution in [2.45, 2.75) is 50.2 Å². The van der Waals surface area contributed by atoms with E-state index in [4.69, 9.17) is 23.7 Å². The van der Waals surface area contributed by atoms with Crippen molar-refractivity contribution in [2.75, 3.05) is 34.7 Å². The maximum Gasteiger partial charge on any atom is 0.231 e. The van der Waals surface area contributed by atoms with Crippen molar-refractivity contribution in [3.8, 4) is 28.7 Å². The molecule has 1 saturated carbocycles. The van der Waals surface area contributed by atoms with Gasteiger partial charge in [0.25, 0.3) is 0 Å². The molecule has 5 rings (SSSR count). The van der Waals surface area contributed by atoms with Crippen LogP contribution in [0.25, 0.3) is 0 Å². The van der Waals surface area contributed by atoms with Crippen LogP contribution in [0.1, 0.15) is 60.8 Å². The number of ether oxygens (including phenoxy) is 5. The first-order valence-electron chi connectivity index (χ1n) is 12.8. The fourth-order valence-electron chi connectivity index (χ4n) is 6.14. The summed E-state index contributed by atoms with van der Waals surface area (Å²) in [6, 6.07) is 7.33. The number of rotatable bonds is 7. The summed E-state index contributed by atoms with van der Waals surface area (Å²) >= 11 is 0. The third-order valence-corrected chi connectivity index (χ3v) is 7.97. The average Bonchev–Trinajstić information content (AvgIpc) is 3.39. The number of carbonyl (C=O) groups excluding carboxylic acids is 1. The molecule has 2 aromatic carbocycles. The van der Waals surface area contributed by atoms with Crippen molar-refractivity contribution in [2.24, 2.45) is 11.8 Å². The smallest absolute Gasteiger partial charge is 0.231 e. The Hall–Kier alpha value is -3.17. The maximum absolute atomic E-state index is 14.0. The molecule has 0 aromatic heterocycles. The number of hydrogen-bond acceptors (Lipinski definition) is 8. The minimum Gasteiger partial charge on any atom is -0.493 e. The monoisotopic (exact) mass is 513 g/mol. The molecule has 2 aliphatic carbocycles. The highest BCUT2D eigenvalue weighted by Gasteiger charge is 2.48. The third-order valence-electron chi connectivity index (χ3n) is 7.97. The molecule has 0 unspecified atom stereocenters. The number of hydrogen-bond donors (Lipinski definition) is 3. The minimum absolute atomic E-state index is 0.0801. The van der Waals surface area contributed by atoms with Gasteiger partial charge in [-0.3, -0.25) is 4.79 Å². The number of fused-ring (bicyclic) bond motifs is 2. The van der Waals surface area contributed by atoms with E-state index in [0.717, 1.165) is 36.8 Å². The van der Waals surface area contributed by atoms with E-state index in [2.05, 4.69) is 5.32 Å². The van der Waals surface area contributed by atoms with Crippen molar-refractivity contribution < 1.29 is 38.7 Å². The Labute approximate surface area is 216 Å². The summed E-state index contributed by atoms with van der Waals surface area (Å²) in [5.74, 6) is 0.236.